The Labute approximate surface area is 192 Å². The molecule has 0 bridgehead atoms. The van der Waals surface area contributed by atoms with Crippen LogP contribution in [0.15, 0.2) is 60.8 Å². The maximum atomic E-state index is 12.4. The number of benzene rings is 2. The number of aromatic nitrogens is 3. The molecule has 2 amide bonds. The van der Waals surface area contributed by atoms with Gasteiger partial charge in [0.1, 0.15) is 17.5 Å². The number of hydrogen-bond donors (Lipinski definition) is 3. The SMILES string of the molecule is COc1ccc(NC(=O)N[C@H]2CC[C@H](CCn3cc(-c4ccccc4)nn3)O[C@H]2CO)cc1. The van der Waals surface area contributed by atoms with E-state index in [1.54, 1.807) is 31.4 Å². The molecule has 2 heterocycles. The quantitative estimate of drug-likeness (QED) is 0.486. The Kier molecular flexibility index (Phi) is 7.54. The van der Waals surface area contributed by atoms with E-state index in [1.165, 1.54) is 0 Å². The molecule has 0 unspecified atom stereocenters. The second-order valence-corrected chi connectivity index (χ2v) is 8.01. The van der Waals surface area contributed by atoms with Gasteiger partial charge in [0.05, 0.1) is 32.1 Å². The lowest BCUT2D eigenvalue weighted by atomic mass is 9.97. The molecule has 0 saturated carbocycles. The van der Waals surface area contributed by atoms with Crippen molar-refractivity contribution >= 4 is 11.7 Å². The molecule has 4 rings (SSSR count). The number of aliphatic hydroxyl groups is 1. The summed E-state index contributed by atoms with van der Waals surface area (Å²) in [4.78, 5) is 12.4. The van der Waals surface area contributed by atoms with Crippen molar-refractivity contribution in [2.45, 2.75) is 44.1 Å². The fraction of sp³-hybridized carbons (Fsp3) is 0.375. The third kappa shape index (κ3) is 6.09. The first-order valence-electron chi connectivity index (χ1n) is 11.1. The van der Waals surface area contributed by atoms with E-state index in [0.717, 1.165) is 36.3 Å². The summed E-state index contributed by atoms with van der Waals surface area (Å²) in [6, 6.07) is 16.4. The predicted octanol–water partition coefficient (Wildman–Crippen LogP) is 3.07. The summed E-state index contributed by atoms with van der Waals surface area (Å²) in [7, 11) is 1.59. The van der Waals surface area contributed by atoms with Gasteiger partial charge in [-0.05, 0) is 43.5 Å². The minimum absolute atomic E-state index is 0.0192. The number of carbonyl (C=O) groups is 1. The molecule has 1 aliphatic heterocycles. The molecule has 0 aliphatic carbocycles. The Morgan fingerprint density at radius 2 is 1.97 bits per heavy atom. The van der Waals surface area contributed by atoms with Crippen LogP contribution in [0.5, 0.6) is 5.75 Å². The van der Waals surface area contributed by atoms with Crippen LogP contribution >= 0.6 is 0 Å². The maximum absolute atomic E-state index is 12.4. The number of rotatable bonds is 8. The van der Waals surface area contributed by atoms with Crippen molar-refractivity contribution in [3.8, 4) is 17.0 Å². The second kappa shape index (κ2) is 10.9. The lowest BCUT2D eigenvalue weighted by Crippen LogP contribution is -2.52. The van der Waals surface area contributed by atoms with Crippen molar-refractivity contribution in [2.24, 2.45) is 0 Å². The molecule has 9 heteroatoms. The Balaban J connectivity index is 1.25. The van der Waals surface area contributed by atoms with Crippen LogP contribution in [-0.2, 0) is 11.3 Å². The van der Waals surface area contributed by atoms with Crippen LogP contribution in [0.4, 0.5) is 10.5 Å². The molecule has 9 nitrogen and oxygen atoms in total. The first kappa shape index (κ1) is 22.8. The summed E-state index contributed by atoms with van der Waals surface area (Å²) in [5, 5.41) is 24.0. The van der Waals surface area contributed by atoms with Gasteiger partial charge in [0, 0.05) is 17.8 Å². The minimum atomic E-state index is -0.457. The molecule has 1 aromatic heterocycles. The van der Waals surface area contributed by atoms with Gasteiger partial charge < -0.3 is 25.2 Å². The van der Waals surface area contributed by atoms with E-state index in [0.29, 0.717) is 12.2 Å². The zero-order valence-corrected chi connectivity index (χ0v) is 18.6. The highest BCUT2D eigenvalue weighted by molar-refractivity contribution is 5.89. The molecule has 33 heavy (non-hydrogen) atoms. The van der Waals surface area contributed by atoms with Crippen LogP contribution in [-0.4, -0.2) is 58.1 Å². The van der Waals surface area contributed by atoms with Crippen molar-refractivity contribution in [3.63, 3.8) is 0 Å². The van der Waals surface area contributed by atoms with Gasteiger partial charge in [0.2, 0.25) is 0 Å². The molecule has 3 N–H and O–H groups in total. The Hall–Kier alpha value is -3.43. The molecule has 3 atom stereocenters. The number of amides is 2. The summed E-state index contributed by atoms with van der Waals surface area (Å²) >= 11 is 0. The highest BCUT2D eigenvalue weighted by Gasteiger charge is 2.31. The number of carbonyl (C=O) groups excluding carboxylic acids is 1. The zero-order chi connectivity index (χ0) is 23.0. The van der Waals surface area contributed by atoms with Gasteiger partial charge in [0.15, 0.2) is 0 Å². The van der Waals surface area contributed by atoms with Gasteiger partial charge in [-0.15, -0.1) is 5.10 Å². The molecule has 174 valence electrons. The lowest BCUT2D eigenvalue weighted by Gasteiger charge is -2.36. The number of nitrogens with one attached hydrogen (secondary N) is 2. The molecule has 0 spiro atoms. The maximum Gasteiger partial charge on any atom is 0.319 e. The van der Waals surface area contributed by atoms with Gasteiger partial charge in [-0.25, -0.2) is 4.79 Å². The van der Waals surface area contributed by atoms with E-state index in [2.05, 4.69) is 20.9 Å². The average molecular weight is 452 g/mol. The Morgan fingerprint density at radius 3 is 2.70 bits per heavy atom. The van der Waals surface area contributed by atoms with Gasteiger partial charge >= 0.3 is 6.03 Å². The van der Waals surface area contributed by atoms with Gasteiger partial charge in [-0.3, -0.25) is 4.68 Å². The lowest BCUT2D eigenvalue weighted by molar-refractivity contribution is -0.0905. The molecule has 0 radical (unpaired) electrons. The van der Waals surface area contributed by atoms with Crippen molar-refractivity contribution in [1.29, 1.82) is 0 Å². The third-order valence-electron chi connectivity index (χ3n) is 5.75. The summed E-state index contributed by atoms with van der Waals surface area (Å²) in [5.41, 5.74) is 2.52. The standard InChI is InChI=1S/C24H29N5O4/c1-32-19-9-7-18(8-10-19)25-24(31)26-21-12-11-20(33-23(21)16-30)13-14-29-15-22(27-28-29)17-5-3-2-4-6-17/h2-10,15,20-21,23,30H,11-14,16H2,1H3,(H2,25,26,31)/t20-,21+,23+/m1/s1. The molecule has 3 aromatic rings. The molecular weight excluding hydrogens is 422 g/mol. The molecule has 2 aromatic carbocycles. The summed E-state index contributed by atoms with van der Waals surface area (Å²) in [5.74, 6) is 0.718. The van der Waals surface area contributed by atoms with Crippen LogP contribution < -0.4 is 15.4 Å². The van der Waals surface area contributed by atoms with E-state index >= 15 is 0 Å². The average Bonchev–Trinajstić information content (AvgIpc) is 3.33. The predicted molar refractivity (Wildman–Crippen MR) is 124 cm³/mol. The molecule has 1 fully saturated rings. The van der Waals surface area contributed by atoms with Crippen LogP contribution in [0.1, 0.15) is 19.3 Å². The Bertz CT molecular complexity index is 1020. The number of hydrogen-bond acceptors (Lipinski definition) is 6. The molecule has 1 saturated heterocycles. The summed E-state index contributed by atoms with van der Waals surface area (Å²) in [6.45, 7) is 0.504. The van der Waals surface area contributed by atoms with Gasteiger partial charge in [-0.2, -0.15) is 0 Å². The normalized spacial score (nSPS) is 20.2. The number of nitrogens with zero attached hydrogens (tertiary/aromatic N) is 3. The van der Waals surface area contributed by atoms with Crippen molar-refractivity contribution in [2.75, 3.05) is 19.0 Å². The summed E-state index contributed by atoms with van der Waals surface area (Å²) < 4.78 is 13.0. The number of methoxy groups -OCH3 is 1. The van der Waals surface area contributed by atoms with E-state index in [9.17, 15) is 9.90 Å². The number of anilines is 1. The summed E-state index contributed by atoms with van der Waals surface area (Å²) in [6.07, 6.45) is 3.70. The van der Waals surface area contributed by atoms with Crippen LogP contribution in [0.25, 0.3) is 11.3 Å². The van der Waals surface area contributed by atoms with Crippen molar-refractivity contribution in [1.82, 2.24) is 20.3 Å². The second-order valence-electron chi connectivity index (χ2n) is 8.01. The van der Waals surface area contributed by atoms with Gasteiger partial charge in [-0.1, -0.05) is 35.5 Å². The zero-order valence-electron chi connectivity index (χ0n) is 18.6. The number of urea groups is 1. The smallest absolute Gasteiger partial charge is 0.319 e. The third-order valence-corrected chi connectivity index (χ3v) is 5.75. The van der Waals surface area contributed by atoms with E-state index < -0.39 is 6.10 Å². The number of aryl methyl sites for hydroxylation is 1. The first-order valence-corrected chi connectivity index (χ1v) is 11.1. The van der Waals surface area contributed by atoms with Crippen molar-refractivity contribution in [3.05, 3.63) is 60.8 Å². The first-order chi connectivity index (χ1) is 16.1. The monoisotopic (exact) mass is 451 g/mol. The van der Waals surface area contributed by atoms with E-state index in [1.807, 2.05) is 41.2 Å². The number of aliphatic hydroxyl groups excluding tert-OH is 1. The van der Waals surface area contributed by atoms with Crippen molar-refractivity contribution < 1.29 is 19.4 Å². The molecule has 1 aliphatic rings. The van der Waals surface area contributed by atoms with Crippen LogP contribution in [0, 0.1) is 0 Å². The topological polar surface area (TPSA) is 111 Å². The van der Waals surface area contributed by atoms with Gasteiger partial charge in [0.25, 0.3) is 0 Å². The highest BCUT2D eigenvalue weighted by atomic mass is 16.5. The minimum Gasteiger partial charge on any atom is -0.497 e. The Morgan fingerprint density at radius 1 is 1.18 bits per heavy atom. The van der Waals surface area contributed by atoms with E-state index in [4.69, 9.17) is 9.47 Å². The fourth-order valence-electron chi connectivity index (χ4n) is 3.94. The largest absolute Gasteiger partial charge is 0.497 e. The highest BCUT2D eigenvalue weighted by Crippen LogP contribution is 2.23. The van der Waals surface area contributed by atoms with Crippen LogP contribution in [0.2, 0.25) is 0 Å². The number of ether oxygens (including phenoxy) is 2. The van der Waals surface area contributed by atoms with E-state index in [-0.39, 0.29) is 24.8 Å². The fourth-order valence-corrected chi connectivity index (χ4v) is 3.94. The molecular formula is C24H29N5O4. The van der Waals surface area contributed by atoms with Crippen LogP contribution in [0.3, 0.4) is 0 Å².